The van der Waals surface area contributed by atoms with Gasteiger partial charge in [-0.2, -0.15) is 0 Å². The number of carbonyl (C=O) groups is 1. The lowest BCUT2D eigenvalue weighted by Crippen LogP contribution is -2.58. The van der Waals surface area contributed by atoms with Crippen LogP contribution in [0.3, 0.4) is 0 Å². The van der Waals surface area contributed by atoms with Gasteiger partial charge in [0.25, 0.3) is 0 Å². The molecule has 0 saturated carbocycles. The second-order valence-corrected chi connectivity index (χ2v) is 4.75. The van der Waals surface area contributed by atoms with Crippen LogP contribution in [-0.4, -0.2) is 37.2 Å². The molecule has 0 bridgehead atoms. The van der Waals surface area contributed by atoms with Crippen molar-refractivity contribution in [1.82, 2.24) is 10.6 Å². The summed E-state index contributed by atoms with van der Waals surface area (Å²) < 4.78 is 5.24. The summed E-state index contributed by atoms with van der Waals surface area (Å²) in [6, 6.07) is 0.220. The van der Waals surface area contributed by atoms with Gasteiger partial charge in [0.15, 0.2) is 0 Å². The molecule has 0 aromatic heterocycles. The Labute approximate surface area is 90.8 Å². The minimum Gasteiger partial charge on any atom is -0.379 e. The Morgan fingerprint density at radius 2 is 2.40 bits per heavy atom. The average molecular weight is 212 g/mol. The molecule has 2 fully saturated rings. The zero-order valence-electron chi connectivity index (χ0n) is 9.34. The lowest BCUT2D eigenvalue weighted by molar-refractivity contribution is -0.128. The summed E-state index contributed by atoms with van der Waals surface area (Å²) in [4.78, 5) is 12.0. The van der Waals surface area contributed by atoms with Crippen LogP contribution in [0.25, 0.3) is 0 Å². The molecule has 0 aliphatic carbocycles. The molecular weight excluding hydrogens is 192 g/mol. The third kappa shape index (κ3) is 2.49. The lowest BCUT2D eigenvalue weighted by Gasteiger charge is -2.34. The van der Waals surface area contributed by atoms with E-state index in [1.165, 1.54) is 6.42 Å². The van der Waals surface area contributed by atoms with Crippen molar-refractivity contribution in [3.8, 4) is 0 Å². The number of piperidine rings is 1. The number of nitrogens with one attached hydrogen (secondary N) is 2. The van der Waals surface area contributed by atoms with E-state index in [2.05, 4.69) is 10.6 Å². The van der Waals surface area contributed by atoms with Crippen molar-refractivity contribution in [2.75, 3.05) is 19.8 Å². The molecule has 4 heteroatoms. The summed E-state index contributed by atoms with van der Waals surface area (Å²) in [6.07, 6.45) is 4.20. The van der Waals surface area contributed by atoms with Gasteiger partial charge in [0.1, 0.15) is 0 Å². The molecule has 2 rings (SSSR count). The topological polar surface area (TPSA) is 50.4 Å². The molecule has 2 saturated heterocycles. The molecule has 2 aliphatic rings. The summed E-state index contributed by atoms with van der Waals surface area (Å²) in [7, 11) is 0. The molecule has 4 nitrogen and oxygen atoms in total. The number of rotatable bonds is 2. The first kappa shape index (κ1) is 10.9. The van der Waals surface area contributed by atoms with E-state index >= 15 is 0 Å². The first-order valence-corrected chi connectivity index (χ1v) is 5.84. The molecule has 0 aromatic carbocycles. The van der Waals surface area contributed by atoms with Gasteiger partial charge in [0.2, 0.25) is 5.91 Å². The third-order valence-corrected chi connectivity index (χ3v) is 3.38. The van der Waals surface area contributed by atoms with Gasteiger partial charge in [-0.3, -0.25) is 4.79 Å². The highest BCUT2D eigenvalue weighted by Crippen LogP contribution is 2.19. The highest BCUT2D eigenvalue weighted by atomic mass is 16.5. The maximum atomic E-state index is 12.0. The highest BCUT2D eigenvalue weighted by Gasteiger charge is 2.35. The van der Waals surface area contributed by atoms with Crippen LogP contribution in [0.2, 0.25) is 0 Å². The smallest absolute Gasteiger partial charge is 0.240 e. The van der Waals surface area contributed by atoms with Crippen LogP contribution < -0.4 is 10.6 Å². The average Bonchev–Trinajstić information content (AvgIpc) is 2.71. The lowest BCUT2D eigenvalue weighted by atomic mass is 9.90. The zero-order valence-corrected chi connectivity index (χ0v) is 9.34. The molecule has 2 aliphatic heterocycles. The van der Waals surface area contributed by atoms with Gasteiger partial charge in [-0.05, 0) is 39.2 Å². The van der Waals surface area contributed by atoms with Gasteiger partial charge >= 0.3 is 0 Å². The van der Waals surface area contributed by atoms with E-state index in [4.69, 9.17) is 4.74 Å². The van der Waals surface area contributed by atoms with Crippen LogP contribution in [0.5, 0.6) is 0 Å². The fourth-order valence-corrected chi connectivity index (χ4v) is 2.24. The monoisotopic (exact) mass is 212 g/mol. The summed E-state index contributed by atoms with van der Waals surface area (Å²) in [5, 5.41) is 6.38. The van der Waals surface area contributed by atoms with Crippen LogP contribution in [-0.2, 0) is 9.53 Å². The summed E-state index contributed by atoms with van der Waals surface area (Å²) in [5.41, 5.74) is -0.360. The SMILES string of the molecule is CC1(C(=O)NC2CCOC2)CCCCN1. The molecule has 1 amide bonds. The normalized spacial score (nSPS) is 36.5. The van der Waals surface area contributed by atoms with Crippen LogP contribution >= 0.6 is 0 Å². The van der Waals surface area contributed by atoms with Crippen molar-refractivity contribution in [3.63, 3.8) is 0 Å². The fraction of sp³-hybridized carbons (Fsp3) is 0.909. The third-order valence-electron chi connectivity index (χ3n) is 3.38. The Bertz CT molecular complexity index is 231. The molecule has 0 spiro atoms. The summed E-state index contributed by atoms with van der Waals surface area (Å²) >= 11 is 0. The van der Waals surface area contributed by atoms with E-state index in [1.54, 1.807) is 0 Å². The highest BCUT2D eigenvalue weighted by molar-refractivity contribution is 5.86. The van der Waals surface area contributed by atoms with Gasteiger partial charge < -0.3 is 15.4 Å². The van der Waals surface area contributed by atoms with Crippen LogP contribution in [0, 0.1) is 0 Å². The summed E-state index contributed by atoms with van der Waals surface area (Å²) in [5.74, 6) is 0.137. The predicted molar refractivity (Wildman–Crippen MR) is 57.6 cm³/mol. The number of hydrogen-bond acceptors (Lipinski definition) is 3. The molecule has 2 unspecified atom stereocenters. The molecule has 2 N–H and O–H groups in total. The van der Waals surface area contributed by atoms with E-state index in [-0.39, 0.29) is 17.5 Å². The number of carbonyl (C=O) groups excluding carboxylic acids is 1. The molecular formula is C11H20N2O2. The maximum absolute atomic E-state index is 12.0. The van der Waals surface area contributed by atoms with Crippen molar-refractivity contribution < 1.29 is 9.53 Å². The van der Waals surface area contributed by atoms with Gasteiger partial charge in [-0.15, -0.1) is 0 Å². The van der Waals surface area contributed by atoms with Crippen LogP contribution in [0.4, 0.5) is 0 Å². The largest absolute Gasteiger partial charge is 0.379 e. The van der Waals surface area contributed by atoms with Gasteiger partial charge in [-0.25, -0.2) is 0 Å². The molecule has 0 radical (unpaired) electrons. The van der Waals surface area contributed by atoms with Crippen molar-refractivity contribution in [3.05, 3.63) is 0 Å². The number of hydrogen-bond donors (Lipinski definition) is 2. The van der Waals surface area contributed by atoms with E-state index in [0.717, 1.165) is 32.4 Å². The van der Waals surface area contributed by atoms with Crippen molar-refractivity contribution in [2.24, 2.45) is 0 Å². The molecule has 86 valence electrons. The molecule has 2 atom stereocenters. The predicted octanol–water partition coefficient (Wildman–Crippen LogP) is 0.424. The van der Waals surface area contributed by atoms with E-state index in [0.29, 0.717) is 6.61 Å². The van der Waals surface area contributed by atoms with Crippen molar-refractivity contribution in [2.45, 2.75) is 44.2 Å². The van der Waals surface area contributed by atoms with Gasteiger partial charge in [0.05, 0.1) is 18.2 Å². The molecule has 15 heavy (non-hydrogen) atoms. The second kappa shape index (κ2) is 4.49. The molecule has 2 heterocycles. The number of ether oxygens (including phenoxy) is 1. The first-order chi connectivity index (χ1) is 7.21. The van der Waals surface area contributed by atoms with Gasteiger partial charge in [0, 0.05) is 6.61 Å². The quantitative estimate of drug-likeness (QED) is 0.697. The van der Waals surface area contributed by atoms with Gasteiger partial charge in [-0.1, -0.05) is 0 Å². The second-order valence-electron chi connectivity index (χ2n) is 4.75. The Morgan fingerprint density at radius 3 is 3.00 bits per heavy atom. The van der Waals surface area contributed by atoms with Crippen LogP contribution in [0.15, 0.2) is 0 Å². The molecule has 0 aromatic rings. The fourth-order valence-electron chi connectivity index (χ4n) is 2.24. The van der Waals surface area contributed by atoms with E-state index in [1.807, 2.05) is 6.92 Å². The van der Waals surface area contributed by atoms with Crippen molar-refractivity contribution in [1.29, 1.82) is 0 Å². The number of amides is 1. The Balaban J connectivity index is 1.87. The van der Waals surface area contributed by atoms with E-state index in [9.17, 15) is 4.79 Å². The zero-order chi connectivity index (χ0) is 10.7. The Hall–Kier alpha value is -0.610. The minimum absolute atomic E-state index is 0.137. The van der Waals surface area contributed by atoms with E-state index < -0.39 is 0 Å². The Morgan fingerprint density at radius 1 is 1.53 bits per heavy atom. The Kier molecular flexibility index (Phi) is 3.26. The first-order valence-electron chi connectivity index (χ1n) is 5.84. The maximum Gasteiger partial charge on any atom is 0.240 e. The van der Waals surface area contributed by atoms with Crippen molar-refractivity contribution >= 4 is 5.91 Å². The standard InChI is InChI=1S/C11H20N2O2/c1-11(5-2-3-6-12-11)10(14)13-9-4-7-15-8-9/h9,12H,2-8H2,1H3,(H,13,14). The van der Waals surface area contributed by atoms with Crippen LogP contribution in [0.1, 0.15) is 32.6 Å². The summed E-state index contributed by atoms with van der Waals surface area (Å²) in [6.45, 7) is 4.39. The minimum atomic E-state index is -0.360.